The molecular weight excluding hydrogens is 494 g/mol. The summed E-state index contributed by atoms with van der Waals surface area (Å²) in [6.07, 6.45) is 4.72. The Morgan fingerprint density at radius 3 is 2.76 bits per heavy atom. The summed E-state index contributed by atoms with van der Waals surface area (Å²) in [6.45, 7) is 1.57. The highest BCUT2D eigenvalue weighted by atomic mass is 32.2. The molecule has 0 aliphatic carbocycles. The van der Waals surface area contributed by atoms with E-state index in [1.54, 1.807) is 42.5 Å². The highest BCUT2D eigenvalue weighted by molar-refractivity contribution is 7.90. The number of nitrogens with zero attached hydrogens (tertiary/aromatic N) is 4. The van der Waals surface area contributed by atoms with E-state index in [1.807, 2.05) is 29.3 Å². The third-order valence-electron chi connectivity index (χ3n) is 6.82. The lowest BCUT2D eigenvalue weighted by atomic mass is 10.1. The first-order chi connectivity index (χ1) is 17.8. The van der Waals surface area contributed by atoms with Crippen LogP contribution in [0.2, 0.25) is 0 Å². The van der Waals surface area contributed by atoms with Gasteiger partial charge in [0.25, 0.3) is 5.91 Å². The number of fused-ring (bicyclic) bond motifs is 4. The molecule has 0 bridgehead atoms. The molecule has 1 amide bonds. The van der Waals surface area contributed by atoms with E-state index in [-0.39, 0.29) is 24.0 Å². The van der Waals surface area contributed by atoms with Gasteiger partial charge in [0.05, 0.1) is 43.5 Å². The number of benzene rings is 2. The van der Waals surface area contributed by atoms with Crippen molar-refractivity contribution in [2.75, 3.05) is 42.9 Å². The lowest BCUT2D eigenvalue weighted by Gasteiger charge is -2.43. The van der Waals surface area contributed by atoms with Crippen LogP contribution in [-0.4, -0.2) is 68.4 Å². The van der Waals surface area contributed by atoms with Crippen LogP contribution in [0.1, 0.15) is 5.56 Å². The van der Waals surface area contributed by atoms with Gasteiger partial charge in [0.2, 0.25) is 0 Å². The molecule has 2 aliphatic rings. The number of para-hydroxylation sites is 1. The van der Waals surface area contributed by atoms with Crippen LogP contribution in [0, 0.1) is 0 Å². The molecule has 1 atom stereocenters. The number of amides is 1. The zero-order valence-electron chi connectivity index (χ0n) is 20.3. The minimum atomic E-state index is -3.31. The van der Waals surface area contributed by atoms with Gasteiger partial charge < -0.3 is 24.3 Å². The maximum absolute atomic E-state index is 13.5. The number of H-pyrrole nitrogens is 1. The van der Waals surface area contributed by atoms with Crippen molar-refractivity contribution in [3.63, 3.8) is 0 Å². The third kappa shape index (κ3) is 4.00. The first-order valence-corrected chi connectivity index (χ1v) is 13.7. The predicted octanol–water partition coefficient (Wildman–Crippen LogP) is 2.79. The van der Waals surface area contributed by atoms with Crippen LogP contribution in [0.4, 0.5) is 11.5 Å². The van der Waals surface area contributed by atoms with Gasteiger partial charge >= 0.3 is 0 Å². The summed E-state index contributed by atoms with van der Waals surface area (Å²) in [6, 6.07) is 11.9. The first kappa shape index (κ1) is 23.4. The number of nitrogens with one attached hydrogen (secondary N) is 1. The predicted molar refractivity (Wildman–Crippen MR) is 139 cm³/mol. The van der Waals surface area contributed by atoms with Crippen LogP contribution in [0.25, 0.3) is 22.3 Å². The Bertz CT molecular complexity index is 1620. The summed E-state index contributed by atoms with van der Waals surface area (Å²) < 4.78 is 34.8. The Balaban J connectivity index is 1.42. The molecule has 1 unspecified atom stereocenters. The molecule has 6 rings (SSSR count). The fourth-order valence-corrected chi connectivity index (χ4v) is 5.56. The number of hydrogen-bond donors (Lipinski definition) is 1. The zero-order valence-corrected chi connectivity index (χ0v) is 21.2. The molecule has 1 N–H and O–H groups in total. The number of ether oxygens (including phenoxy) is 2. The Morgan fingerprint density at radius 1 is 1.19 bits per heavy atom. The van der Waals surface area contributed by atoms with Gasteiger partial charge in [0, 0.05) is 29.9 Å². The number of hydrogen-bond acceptors (Lipinski definition) is 8. The molecule has 4 aromatic rings. The quantitative estimate of drug-likeness (QED) is 0.428. The van der Waals surface area contributed by atoms with Crippen molar-refractivity contribution in [3.05, 3.63) is 60.4 Å². The van der Waals surface area contributed by atoms with Gasteiger partial charge in [-0.1, -0.05) is 24.3 Å². The molecule has 10 nitrogen and oxygen atoms in total. The monoisotopic (exact) mass is 519 g/mol. The lowest BCUT2D eigenvalue weighted by Crippen LogP contribution is -2.58. The minimum Gasteiger partial charge on any atom is -0.495 e. The lowest BCUT2D eigenvalue weighted by molar-refractivity contribution is -0.122. The summed E-state index contributed by atoms with van der Waals surface area (Å²) in [5.74, 6) is 1.83. The van der Waals surface area contributed by atoms with E-state index in [4.69, 9.17) is 14.5 Å². The summed E-state index contributed by atoms with van der Waals surface area (Å²) in [7, 11) is -1.68. The van der Waals surface area contributed by atoms with Crippen molar-refractivity contribution in [1.29, 1.82) is 0 Å². The van der Waals surface area contributed by atoms with Gasteiger partial charge in [0.1, 0.15) is 17.5 Å². The maximum atomic E-state index is 13.5. The van der Waals surface area contributed by atoms with Crippen molar-refractivity contribution in [2.24, 2.45) is 0 Å². The molecular formula is C26H25N5O5S. The molecule has 0 spiro atoms. The topological polar surface area (TPSA) is 118 Å². The molecule has 2 aromatic heterocycles. The van der Waals surface area contributed by atoms with Gasteiger partial charge in [0.15, 0.2) is 21.5 Å². The number of carbonyl (C=O) groups is 1. The number of anilines is 2. The number of morpholine rings is 1. The van der Waals surface area contributed by atoms with Crippen molar-refractivity contribution in [3.8, 4) is 17.1 Å². The van der Waals surface area contributed by atoms with Gasteiger partial charge in [-0.25, -0.2) is 18.4 Å². The van der Waals surface area contributed by atoms with Gasteiger partial charge in [-0.2, -0.15) is 0 Å². The number of aromatic amines is 1. The molecule has 0 radical (unpaired) electrons. The highest BCUT2D eigenvalue weighted by Gasteiger charge is 2.41. The molecule has 11 heteroatoms. The molecule has 37 heavy (non-hydrogen) atoms. The van der Waals surface area contributed by atoms with Crippen LogP contribution < -0.4 is 14.5 Å². The van der Waals surface area contributed by atoms with Crippen molar-refractivity contribution in [1.82, 2.24) is 15.0 Å². The summed E-state index contributed by atoms with van der Waals surface area (Å²) >= 11 is 0. The molecule has 4 heterocycles. The molecule has 1 fully saturated rings. The summed E-state index contributed by atoms with van der Waals surface area (Å²) in [5, 5.41) is 0.938. The fourth-order valence-electron chi connectivity index (χ4n) is 4.93. The van der Waals surface area contributed by atoms with Crippen molar-refractivity contribution < 1.29 is 22.7 Å². The van der Waals surface area contributed by atoms with E-state index in [0.717, 1.165) is 27.8 Å². The van der Waals surface area contributed by atoms with E-state index in [1.165, 1.54) is 6.26 Å². The molecule has 2 aromatic carbocycles. The smallest absolute Gasteiger partial charge is 0.252 e. The Labute approximate surface area is 213 Å². The van der Waals surface area contributed by atoms with Crippen molar-refractivity contribution in [2.45, 2.75) is 17.5 Å². The average molecular weight is 520 g/mol. The Hall–Kier alpha value is -3.96. The van der Waals surface area contributed by atoms with E-state index >= 15 is 0 Å². The van der Waals surface area contributed by atoms with E-state index in [0.29, 0.717) is 30.5 Å². The van der Waals surface area contributed by atoms with Gasteiger partial charge in [-0.15, -0.1) is 0 Å². The summed E-state index contributed by atoms with van der Waals surface area (Å²) in [5.41, 5.74) is 3.10. The standard InChI is InChI=1S/C26H25N5O5S/c1-35-22-5-3-4-18-19(12-27-23(18)22)24-28-13-20-25(29-24)30-10-11-36-15-21(30)26(32)31(20)14-16-6-8-17(9-7-16)37(2,33)34/h3-9,12-13,21,27H,10-11,14-15H2,1-2H3. The van der Waals surface area contributed by atoms with E-state index in [2.05, 4.69) is 9.97 Å². The normalized spacial score (nSPS) is 17.6. The average Bonchev–Trinajstić information content (AvgIpc) is 3.35. The number of methoxy groups -OCH3 is 1. The van der Waals surface area contributed by atoms with E-state index < -0.39 is 15.9 Å². The van der Waals surface area contributed by atoms with E-state index in [9.17, 15) is 13.2 Å². The van der Waals surface area contributed by atoms with Crippen LogP contribution >= 0.6 is 0 Å². The molecule has 190 valence electrons. The third-order valence-corrected chi connectivity index (χ3v) is 7.95. The van der Waals surface area contributed by atoms with Crippen LogP contribution in [0.5, 0.6) is 5.75 Å². The Morgan fingerprint density at radius 2 is 2.00 bits per heavy atom. The second-order valence-corrected chi connectivity index (χ2v) is 11.1. The fraction of sp³-hybridized carbons (Fsp3) is 0.269. The number of rotatable bonds is 5. The zero-order chi connectivity index (χ0) is 25.7. The van der Waals surface area contributed by atoms with Crippen LogP contribution in [-0.2, 0) is 25.9 Å². The van der Waals surface area contributed by atoms with Crippen molar-refractivity contribution >= 4 is 38.2 Å². The second-order valence-electron chi connectivity index (χ2n) is 9.11. The van der Waals surface area contributed by atoms with Crippen LogP contribution in [0.3, 0.4) is 0 Å². The number of sulfone groups is 1. The first-order valence-electron chi connectivity index (χ1n) is 11.8. The number of carbonyl (C=O) groups excluding carboxylic acids is 1. The highest BCUT2D eigenvalue weighted by Crippen LogP contribution is 2.39. The molecule has 2 aliphatic heterocycles. The molecule has 1 saturated heterocycles. The van der Waals surface area contributed by atoms with Gasteiger partial charge in [-0.05, 0) is 23.8 Å². The maximum Gasteiger partial charge on any atom is 0.252 e. The number of aromatic nitrogens is 3. The summed E-state index contributed by atoms with van der Waals surface area (Å²) in [4.78, 5) is 30.3. The largest absolute Gasteiger partial charge is 0.495 e. The molecule has 0 saturated carbocycles. The van der Waals surface area contributed by atoms with Crippen LogP contribution in [0.15, 0.2) is 59.8 Å². The SMILES string of the molecule is COc1cccc2c(-c3ncc4c(n3)N3CCOCC3C(=O)N4Cc3ccc(S(C)(=O)=O)cc3)c[nH]c12. The second kappa shape index (κ2) is 8.86. The van der Waals surface area contributed by atoms with Gasteiger partial charge in [-0.3, -0.25) is 4.79 Å². The Kier molecular flexibility index (Phi) is 5.61. The minimum absolute atomic E-state index is 0.104.